The molecule has 4 atom stereocenters. The average Bonchev–Trinajstić information content (AvgIpc) is 4.07. The largest absolute Gasteiger partial charge is 0.453 e. The SMILES string of the molecule is COC(=O)NC(C(=O)N1CCCC1c1ncc(-c2ccc(-c3ncc4cc(-c5cnc(C6CCCN6C(=O)C(NC(=O)OC)C(C)C)[nH]5)ccc4n3)nc2)[nH]1)C(C)C. The fourth-order valence-corrected chi connectivity index (χ4v) is 7.70. The zero-order valence-corrected chi connectivity index (χ0v) is 33.5. The normalized spacial score (nSPS) is 17.8. The topological polar surface area (TPSA) is 213 Å². The van der Waals surface area contributed by atoms with Crippen LogP contribution >= 0.6 is 0 Å². The summed E-state index contributed by atoms with van der Waals surface area (Å²) in [4.78, 5) is 84.8. The van der Waals surface area contributed by atoms with Crippen molar-refractivity contribution in [2.45, 2.75) is 77.5 Å². The molecule has 2 fully saturated rings. The Hall–Kier alpha value is -6.39. The quantitative estimate of drug-likeness (QED) is 0.130. The second-order valence-electron chi connectivity index (χ2n) is 15.4. The molecule has 17 nitrogen and oxygen atoms in total. The third-order valence-electron chi connectivity index (χ3n) is 10.9. The third-order valence-corrected chi connectivity index (χ3v) is 10.9. The van der Waals surface area contributed by atoms with E-state index >= 15 is 0 Å². The van der Waals surface area contributed by atoms with Crippen LogP contribution in [0.1, 0.15) is 77.1 Å². The molecule has 0 saturated carbocycles. The molecular formula is C41H49N11O6. The van der Waals surface area contributed by atoms with Gasteiger partial charge in [-0.2, -0.15) is 0 Å². The van der Waals surface area contributed by atoms with Gasteiger partial charge in [0, 0.05) is 42.0 Å². The summed E-state index contributed by atoms with van der Waals surface area (Å²) in [7, 11) is 2.56. The second-order valence-corrected chi connectivity index (χ2v) is 15.4. The van der Waals surface area contributed by atoms with Crippen molar-refractivity contribution in [2.75, 3.05) is 27.3 Å². The molecule has 2 aliphatic heterocycles. The summed E-state index contributed by atoms with van der Waals surface area (Å²) < 4.78 is 9.50. The van der Waals surface area contributed by atoms with Crippen LogP contribution in [0, 0.1) is 11.8 Å². The molecule has 4 N–H and O–H groups in total. The van der Waals surface area contributed by atoms with Crippen molar-refractivity contribution in [3.05, 3.63) is 66.8 Å². The minimum absolute atomic E-state index is 0.121. The van der Waals surface area contributed by atoms with Crippen LogP contribution in [0.25, 0.3) is 44.9 Å². The zero-order chi connectivity index (χ0) is 41.1. The Kier molecular flexibility index (Phi) is 11.7. The van der Waals surface area contributed by atoms with Gasteiger partial charge in [-0.15, -0.1) is 0 Å². The first-order valence-corrected chi connectivity index (χ1v) is 19.6. The summed E-state index contributed by atoms with van der Waals surface area (Å²) in [6, 6.07) is 7.78. The molecule has 0 radical (unpaired) electrons. The number of ether oxygens (including phenoxy) is 2. The van der Waals surface area contributed by atoms with E-state index in [9.17, 15) is 19.2 Å². The minimum atomic E-state index is -0.709. The molecule has 0 bridgehead atoms. The van der Waals surface area contributed by atoms with Crippen LogP contribution < -0.4 is 10.6 Å². The molecule has 0 aliphatic carbocycles. The van der Waals surface area contributed by atoms with Crippen LogP contribution in [0.5, 0.6) is 0 Å². The number of fused-ring (bicyclic) bond motifs is 1. The van der Waals surface area contributed by atoms with Crippen molar-refractivity contribution in [1.29, 1.82) is 0 Å². The van der Waals surface area contributed by atoms with Crippen molar-refractivity contribution in [3.63, 3.8) is 0 Å². The highest BCUT2D eigenvalue weighted by Gasteiger charge is 2.39. The van der Waals surface area contributed by atoms with Gasteiger partial charge in [-0.1, -0.05) is 33.8 Å². The second kappa shape index (κ2) is 17.0. The van der Waals surface area contributed by atoms with Crippen molar-refractivity contribution in [3.8, 4) is 34.0 Å². The van der Waals surface area contributed by atoms with Gasteiger partial charge >= 0.3 is 12.2 Å². The van der Waals surface area contributed by atoms with Gasteiger partial charge in [0.2, 0.25) is 11.8 Å². The molecule has 2 saturated heterocycles. The lowest BCUT2D eigenvalue weighted by atomic mass is 10.0. The van der Waals surface area contributed by atoms with Gasteiger partial charge in [-0.25, -0.2) is 29.5 Å². The van der Waals surface area contributed by atoms with E-state index in [1.54, 1.807) is 34.6 Å². The Bertz CT molecular complexity index is 2290. The molecule has 4 unspecified atom stereocenters. The van der Waals surface area contributed by atoms with Crippen LogP contribution in [-0.2, 0) is 19.1 Å². The van der Waals surface area contributed by atoms with Crippen LogP contribution in [0.2, 0.25) is 0 Å². The Labute approximate surface area is 335 Å². The number of aromatic nitrogens is 7. The lowest BCUT2D eigenvalue weighted by Crippen LogP contribution is -2.51. The first kappa shape index (κ1) is 39.8. The number of nitrogens with one attached hydrogen (secondary N) is 4. The molecule has 2 aliphatic rings. The summed E-state index contributed by atoms with van der Waals surface area (Å²) in [5.74, 6) is 1.28. The summed E-state index contributed by atoms with van der Waals surface area (Å²) >= 11 is 0. The monoisotopic (exact) mass is 791 g/mol. The number of hydrogen-bond donors (Lipinski definition) is 4. The fourth-order valence-electron chi connectivity index (χ4n) is 7.70. The smallest absolute Gasteiger partial charge is 0.407 e. The van der Waals surface area contributed by atoms with Crippen LogP contribution in [0.4, 0.5) is 9.59 Å². The van der Waals surface area contributed by atoms with E-state index in [2.05, 4.69) is 40.5 Å². The fraction of sp³-hybridized carbons (Fsp3) is 0.439. The summed E-state index contributed by atoms with van der Waals surface area (Å²) in [6.45, 7) is 8.70. The highest BCUT2D eigenvalue weighted by Crippen LogP contribution is 2.35. The van der Waals surface area contributed by atoms with Gasteiger partial charge in [0.25, 0.3) is 0 Å². The summed E-state index contributed by atoms with van der Waals surface area (Å²) in [5, 5.41) is 6.21. The first-order chi connectivity index (χ1) is 27.9. The molecular weight excluding hydrogens is 743 g/mol. The van der Waals surface area contributed by atoms with Crippen LogP contribution in [-0.4, -0.2) is 108 Å². The lowest BCUT2D eigenvalue weighted by Gasteiger charge is -2.30. The maximum Gasteiger partial charge on any atom is 0.407 e. The molecule has 5 aromatic rings. The number of alkyl carbamates (subject to hydrolysis) is 2. The van der Waals surface area contributed by atoms with E-state index in [4.69, 9.17) is 14.5 Å². The average molecular weight is 792 g/mol. The van der Waals surface area contributed by atoms with Gasteiger partial charge in [0.15, 0.2) is 5.82 Å². The van der Waals surface area contributed by atoms with E-state index in [1.165, 1.54) is 14.2 Å². The number of carbonyl (C=O) groups excluding carboxylic acids is 4. The number of carbonyl (C=O) groups is 4. The minimum Gasteiger partial charge on any atom is -0.453 e. The Morgan fingerprint density at radius 1 is 0.690 bits per heavy atom. The maximum absolute atomic E-state index is 13.6. The van der Waals surface area contributed by atoms with Gasteiger partial charge in [0.1, 0.15) is 29.4 Å². The molecule has 7 rings (SSSR count). The van der Waals surface area contributed by atoms with Gasteiger partial charge in [0.05, 0.1) is 55.6 Å². The van der Waals surface area contributed by atoms with Crippen molar-refractivity contribution in [1.82, 2.24) is 55.3 Å². The zero-order valence-electron chi connectivity index (χ0n) is 33.5. The number of aromatic amines is 2. The lowest BCUT2D eigenvalue weighted by molar-refractivity contribution is -0.136. The van der Waals surface area contributed by atoms with E-state index in [0.717, 1.165) is 59.1 Å². The summed E-state index contributed by atoms with van der Waals surface area (Å²) in [6.07, 6.45) is 8.90. The third kappa shape index (κ3) is 8.19. The van der Waals surface area contributed by atoms with E-state index in [1.807, 2.05) is 58.0 Å². The molecule has 58 heavy (non-hydrogen) atoms. The molecule has 304 valence electrons. The number of nitrogens with zero attached hydrogens (tertiary/aromatic N) is 7. The van der Waals surface area contributed by atoms with Gasteiger partial charge < -0.3 is 39.9 Å². The highest BCUT2D eigenvalue weighted by atomic mass is 16.5. The number of H-pyrrole nitrogens is 2. The number of rotatable bonds is 11. The van der Waals surface area contributed by atoms with E-state index < -0.39 is 24.3 Å². The van der Waals surface area contributed by atoms with E-state index in [-0.39, 0.29) is 35.7 Å². The van der Waals surface area contributed by atoms with Crippen LogP contribution in [0.3, 0.4) is 0 Å². The molecule has 0 spiro atoms. The van der Waals surface area contributed by atoms with E-state index in [0.29, 0.717) is 36.3 Å². The Balaban J connectivity index is 1.02. The first-order valence-electron chi connectivity index (χ1n) is 19.6. The predicted octanol–water partition coefficient (Wildman–Crippen LogP) is 5.56. The maximum atomic E-state index is 13.6. The number of likely N-dealkylation sites (tertiary alicyclic amines) is 2. The molecule has 4 amide bonds. The van der Waals surface area contributed by atoms with Crippen molar-refractivity contribution >= 4 is 34.9 Å². The summed E-state index contributed by atoms with van der Waals surface area (Å²) in [5.41, 5.74) is 4.64. The Morgan fingerprint density at radius 2 is 1.22 bits per heavy atom. The standard InChI is InChI=1S/C41H49N11O6/c1-22(2)33(49-40(55)57-5)38(53)51-15-7-9-31(51)36-44-20-29(47-36)24-11-13-27-26(17-24)19-43-35(46-27)28-14-12-25(18-42-28)30-21-45-37(48-30)32-10-8-16-52(32)39(54)34(23(3)4)50-41(56)58-6/h11-14,17-23,31-34H,7-10,15-16H2,1-6H3,(H,44,47)(H,45,48)(H,49,55)(H,50,56). The van der Waals surface area contributed by atoms with Crippen molar-refractivity contribution < 1.29 is 28.7 Å². The molecule has 4 aromatic heterocycles. The number of pyridine rings is 1. The highest BCUT2D eigenvalue weighted by molar-refractivity contribution is 5.88. The number of methoxy groups -OCH3 is 2. The number of hydrogen-bond acceptors (Lipinski definition) is 11. The molecule has 17 heteroatoms. The molecule has 6 heterocycles. The number of imidazole rings is 2. The number of benzene rings is 1. The van der Waals surface area contributed by atoms with Gasteiger partial charge in [-0.05, 0) is 61.8 Å². The predicted molar refractivity (Wildman–Crippen MR) is 214 cm³/mol. The molecule has 1 aromatic carbocycles. The van der Waals surface area contributed by atoms with Crippen molar-refractivity contribution in [2.24, 2.45) is 11.8 Å². The number of amides is 4. The van der Waals surface area contributed by atoms with Gasteiger partial charge in [-0.3, -0.25) is 14.6 Å². The van der Waals surface area contributed by atoms with Crippen LogP contribution in [0.15, 0.2) is 55.1 Å². The Morgan fingerprint density at radius 3 is 1.72 bits per heavy atom.